The highest BCUT2D eigenvalue weighted by Gasteiger charge is 1.96. The second-order valence-corrected chi connectivity index (χ2v) is 3.53. The third-order valence-electron chi connectivity index (χ3n) is 1.28. The van der Waals surface area contributed by atoms with Crippen molar-refractivity contribution in [2.24, 2.45) is 0 Å². The van der Waals surface area contributed by atoms with Gasteiger partial charge in [-0.05, 0) is 34.5 Å². The zero-order valence-electron chi connectivity index (χ0n) is 5.97. The van der Waals surface area contributed by atoms with Gasteiger partial charge in [-0.25, -0.2) is 0 Å². The molecule has 1 aromatic rings. The number of aryl methyl sites for hydroxylation is 1. The Morgan fingerprint density at radius 2 is 2.18 bits per heavy atom. The largest absolute Gasteiger partial charge is 0.259 e. The lowest BCUT2D eigenvalue weighted by Gasteiger charge is -1.99. The molecular formula is C7H8Br3N. The second-order valence-electron chi connectivity index (χ2n) is 2.05. The van der Waals surface area contributed by atoms with Crippen LogP contribution in [0.2, 0.25) is 0 Å². The molecule has 0 saturated heterocycles. The van der Waals surface area contributed by atoms with Crippen LogP contribution >= 0.6 is 48.8 Å². The molecule has 4 heteroatoms. The van der Waals surface area contributed by atoms with Crippen molar-refractivity contribution in [1.29, 1.82) is 0 Å². The fourth-order valence-electron chi connectivity index (χ4n) is 0.709. The zero-order chi connectivity index (χ0) is 7.56. The van der Waals surface area contributed by atoms with E-state index in [4.69, 9.17) is 0 Å². The highest BCUT2D eigenvalue weighted by atomic mass is 79.9. The molecule has 0 aliphatic heterocycles. The first-order valence-corrected chi connectivity index (χ1v) is 4.82. The summed E-state index contributed by atoms with van der Waals surface area (Å²) in [6.45, 7) is 2.05. The summed E-state index contributed by atoms with van der Waals surface area (Å²) in [5.74, 6) is 0. The van der Waals surface area contributed by atoms with Crippen molar-refractivity contribution in [2.45, 2.75) is 12.3 Å². The number of alkyl halides is 1. The lowest BCUT2D eigenvalue weighted by atomic mass is 10.2. The van der Waals surface area contributed by atoms with Gasteiger partial charge in [-0.3, -0.25) is 4.98 Å². The summed E-state index contributed by atoms with van der Waals surface area (Å²) in [4.78, 5) is 4.20. The molecule has 0 aliphatic carbocycles. The lowest BCUT2D eigenvalue weighted by Crippen LogP contribution is -1.88. The minimum Gasteiger partial charge on any atom is -0.259 e. The Bertz CT molecular complexity index is 237. The van der Waals surface area contributed by atoms with Gasteiger partial charge in [0.2, 0.25) is 0 Å². The summed E-state index contributed by atoms with van der Waals surface area (Å²) in [7, 11) is 0. The molecule has 0 unspecified atom stereocenters. The first-order chi connectivity index (χ1) is 4.74. The van der Waals surface area contributed by atoms with E-state index in [2.05, 4.69) is 42.9 Å². The van der Waals surface area contributed by atoms with Gasteiger partial charge in [-0.15, -0.1) is 17.0 Å². The van der Waals surface area contributed by atoms with Crippen LogP contribution in [-0.2, 0) is 5.33 Å². The van der Waals surface area contributed by atoms with E-state index in [1.165, 1.54) is 5.56 Å². The average Bonchev–Trinajstić information content (AvgIpc) is 1.88. The smallest absolute Gasteiger partial charge is 0.0539 e. The quantitative estimate of drug-likeness (QED) is 0.708. The Labute approximate surface area is 93.6 Å². The van der Waals surface area contributed by atoms with Crippen molar-refractivity contribution in [3.05, 3.63) is 28.0 Å². The fraction of sp³-hybridized carbons (Fsp3) is 0.286. The third kappa shape index (κ3) is 3.22. The van der Waals surface area contributed by atoms with Crippen LogP contribution in [0.25, 0.3) is 0 Å². The van der Waals surface area contributed by atoms with Gasteiger partial charge in [-0.1, -0.05) is 15.9 Å². The minimum absolute atomic E-state index is 0. The molecule has 0 fully saturated rings. The summed E-state index contributed by atoms with van der Waals surface area (Å²) < 4.78 is 1.04. The van der Waals surface area contributed by atoms with Crippen LogP contribution in [0.15, 0.2) is 16.7 Å². The molecule has 62 valence electrons. The van der Waals surface area contributed by atoms with E-state index in [9.17, 15) is 0 Å². The molecule has 0 spiro atoms. The molecule has 11 heavy (non-hydrogen) atoms. The van der Waals surface area contributed by atoms with Crippen LogP contribution in [-0.4, -0.2) is 4.98 Å². The number of hydrogen-bond acceptors (Lipinski definition) is 1. The van der Waals surface area contributed by atoms with E-state index >= 15 is 0 Å². The Morgan fingerprint density at radius 1 is 1.55 bits per heavy atom. The molecule has 0 saturated carbocycles. The highest BCUT2D eigenvalue weighted by molar-refractivity contribution is 9.10. The Kier molecular flexibility index (Phi) is 5.56. The van der Waals surface area contributed by atoms with E-state index in [0.29, 0.717) is 0 Å². The third-order valence-corrected chi connectivity index (χ3v) is 2.24. The lowest BCUT2D eigenvalue weighted by molar-refractivity contribution is 1.13. The maximum atomic E-state index is 4.20. The SMILES string of the molecule is Br.Cc1cc(Br)cnc1CBr. The van der Waals surface area contributed by atoms with Crippen molar-refractivity contribution in [1.82, 2.24) is 4.98 Å². The van der Waals surface area contributed by atoms with Crippen molar-refractivity contribution < 1.29 is 0 Å². The molecular weight excluding hydrogens is 338 g/mol. The summed E-state index contributed by atoms with van der Waals surface area (Å²) in [5.41, 5.74) is 2.31. The number of rotatable bonds is 1. The fourth-order valence-corrected chi connectivity index (χ4v) is 1.74. The van der Waals surface area contributed by atoms with Gasteiger partial charge in [0.25, 0.3) is 0 Å². The van der Waals surface area contributed by atoms with Gasteiger partial charge < -0.3 is 0 Å². The second kappa shape index (κ2) is 5.27. The van der Waals surface area contributed by atoms with Crippen molar-refractivity contribution in [3.63, 3.8) is 0 Å². The predicted octanol–water partition coefficient (Wildman–Crippen LogP) is 3.63. The normalized spacial score (nSPS) is 9.00. The summed E-state index contributed by atoms with van der Waals surface area (Å²) in [5, 5.41) is 0.826. The molecule has 0 aliphatic rings. The predicted molar refractivity (Wildman–Crippen MR) is 59.6 cm³/mol. The molecule has 1 rings (SSSR count). The molecule has 1 aromatic heterocycles. The van der Waals surface area contributed by atoms with E-state index in [0.717, 1.165) is 15.5 Å². The molecule has 0 amide bonds. The summed E-state index contributed by atoms with van der Waals surface area (Å²) in [6, 6.07) is 2.06. The number of pyridine rings is 1. The van der Waals surface area contributed by atoms with E-state index < -0.39 is 0 Å². The van der Waals surface area contributed by atoms with Crippen LogP contribution in [0.5, 0.6) is 0 Å². The molecule has 0 radical (unpaired) electrons. The van der Waals surface area contributed by atoms with Crippen LogP contribution in [0.1, 0.15) is 11.3 Å². The van der Waals surface area contributed by atoms with E-state index in [1.54, 1.807) is 0 Å². The Morgan fingerprint density at radius 3 is 2.64 bits per heavy atom. The molecule has 0 bridgehead atoms. The van der Waals surface area contributed by atoms with E-state index in [-0.39, 0.29) is 17.0 Å². The zero-order valence-corrected chi connectivity index (χ0v) is 10.9. The average molecular weight is 346 g/mol. The molecule has 1 nitrogen and oxygen atoms in total. The standard InChI is InChI=1S/C7H7Br2N.BrH/c1-5-2-6(9)4-10-7(5)3-8;/h2,4H,3H2,1H3;1H. The van der Waals surface area contributed by atoms with Crippen LogP contribution < -0.4 is 0 Å². The van der Waals surface area contributed by atoms with Crippen molar-refractivity contribution in [2.75, 3.05) is 0 Å². The Balaban J connectivity index is 0.000001000. The van der Waals surface area contributed by atoms with Gasteiger partial charge in [0.1, 0.15) is 0 Å². The minimum atomic E-state index is 0. The number of halogens is 3. The monoisotopic (exact) mass is 343 g/mol. The van der Waals surface area contributed by atoms with Gasteiger partial charge >= 0.3 is 0 Å². The molecule has 0 atom stereocenters. The van der Waals surface area contributed by atoms with Gasteiger partial charge in [-0.2, -0.15) is 0 Å². The van der Waals surface area contributed by atoms with Gasteiger partial charge in [0, 0.05) is 16.0 Å². The highest BCUT2D eigenvalue weighted by Crippen LogP contribution is 2.14. The molecule has 0 N–H and O–H groups in total. The van der Waals surface area contributed by atoms with Crippen LogP contribution in [0.4, 0.5) is 0 Å². The van der Waals surface area contributed by atoms with Crippen LogP contribution in [0.3, 0.4) is 0 Å². The van der Waals surface area contributed by atoms with Gasteiger partial charge in [0.05, 0.1) is 5.69 Å². The molecule has 0 aromatic carbocycles. The van der Waals surface area contributed by atoms with Gasteiger partial charge in [0.15, 0.2) is 0 Å². The number of nitrogens with zero attached hydrogens (tertiary/aromatic N) is 1. The number of aromatic nitrogens is 1. The summed E-state index contributed by atoms with van der Waals surface area (Å²) >= 11 is 6.70. The molecule has 1 heterocycles. The number of hydrogen-bond donors (Lipinski definition) is 0. The van der Waals surface area contributed by atoms with Crippen LogP contribution in [0, 0.1) is 6.92 Å². The first kappa shape index (κ1) is 11.6. The van der Waals surface area contributed by atoms with Crippen molar-refractivity contribution >= 4 is 48.8 Å². The van der Waals surface area contributed by atoms with Crippen molar-refractivity contribution in [3.8, 4) is 0 Å². The maximum absolute atomic E-state index is 4.20. The maximum Gasteiger partial charge on any atom is 0.0539 e. The first-order valence-electron chi connectivity index (χ1n) is 2.91. The Hall–Kier alpha value is 0.590. The topological polar surface area (TPSA) is 12.9 Å². The van der Waals surface area contributed by atoms with E-state index in [1.807, 2.05) is 13.1 Å². The summed E-state index contributed by atoms with van der Waals surface area (Å²) in [6.07, 6.45) is 1.81.